The van der Waals surface area contributed by atoms with Crippen LogP contribution in [0.2, 0.25) is 0 Å². The minimum atomic E-state index is -0.259. The average Bonchev–Trinajstić information content (AvgIpc) is 3.09. The molecule has 2 aromatic rings. The summed E-state index contributed by atoms with van der Waals surface area (Å²) in [6.45, 7) is 4.67. The molecule has 0 radical (unpaired) electrons. The van der Waals surface area contributed by atoms with Gasteiger partial charge >= 0.3 is 0 Å². The standard InChI is InChI=1S/C20H29N5O3.ClH/c1-4-5-12-28-16-7-6-15(13-17(16)27-3)19(26)23-20-22-18(24-25(20)2)14-8-10-21-11-9-14;/h6-7,13-14,21H,4-5,8-12H2,1-3H3,(H,22,23,24,26);1H. The lowest BCUT2D eigenvalue weighted by atomic mass is 9.98. The summed E-state index contributed by atoms with van der Waals surface area (Å²) in [7, 11) is 3.36. The number of carbonyl (C=O) groups is 1. The largest absolute Gasteiger partial charge is 0.493 e. The quantitative estimate of drug-likeness (QED) is 0.634. The highest BCUT2D eigenvalue weighted by Gasteiger charge is 2.22. The molecule has 1 fully saturated rings. The van der Waals surface area contributed by atoms with Gasteiger partial charge in [0.15, 0.2) is 17.3 Å². The summed E-state index contributed by atoms with van der Waals surface area (Å²) in [6, 6.07) is 5.17. The fourth-order valence-electron chi connectivity index (χ4n) is 3.19. The number of benzene rings is 1. The van der Waals surface area contributed by atoms with Crippen LogP contribution < -0.4 is 20.1 Å². The Kier molecular flexibility index (Phi) is 8.72. The number of hydrogen-bond acceptors (Lipinski definition) is 6. The van der Waals surface area contributed by atoms with Gasteiger partial charge < -0.3 is 14.8 Å². The van der Waals surface area contributed by atoms with Crippen LogP contribution in [0.1, 0.15) is 54.7 Å². The van der Waals surface area contributed by atoms with Crippen molar-refractivity contribution >= 4 is 24.3 Å². The highest BCUT2D eigenvalue weighted by Crippen LogP contribution is 2.29. The van der Waals surface area contributed by atoms with Crippen molar-refractivity contribution in [3.05, 3.63) is 29.6 Å². The van der Waals surface area contributed by atoms with Gasteiger partial charge in [-0.05, 0) is 50.6 Å². The minimum Gasteiger partial charge on any atom is -0.493 e. The molecule has 1 saturated heterocycles. The van der Waals surface area contributed by atoms with E-state index in [0.29, 0.717) is 35.5 Å². The molecule has 1 aromatic heterocycles. The molecule has 0 bridgehead atoms. The Morgan fingerprint density at radius 1 is 1.31 bits per heavy atom. The molecule has 1 amide bonds. The molecule has 0 spiro atoms. The maximum absolute atomic E-state index is 12.7. The van der Waals surface area contributed by atoms with E-state index in [1.165, 1.54) is 0 Å². The number of ether oxygens (including phenoxy) is 2. The molecule has 0 aliphatic carbocycles. The van der Waals surface area contributed by atoms with E-state index in [0.717, 1.165) is 44.6 Å². The van der Waals surface area contributed by atoms with Crippen molar-refractivity contribution in [3.8, 4) is 11.5 Å². The van der Waals surface area contributed by atoms with Gasteiger partial charge in [0.25, 0.3) is 5.91 Å². The summed E-state index contributed by atoms with van der Waals surface area (Å²) < 4.78 is 12.7. The van der Waals surface area contributed by atoms with E-state index >= 15 is 0 Å². The van der Waals surface area contributed by atoms with Crippen LogP contribution in [0, 0.1) is 0 Å². The normalized spacial score (nSPS) is 14.2. The maximum Gasteiger partial charge on any atom is 0.258 e. The van der Waals surface area contributed by atoms with Crippen molar-refractivity contribution in [2.45, 2.75) is 38.5 Å². The van der Waals surface area contributed by atoms with Crippen LogP contribution in [0.15, 0.2) is 18.2 Å². The fourth-order valence-corrected chi connectivity index (χ4v) is 3.19. The van der Waals surface area contributed by atoms with Gasteiger partial charge in [0.05, 0.1) is 13.7 Å². The summed E-state index contributed by atoms with van der Waals surface area (Å²) in [4.78, 5) is 17.2. The Balaban J connectivity index is 0.00000300. The first-order chi connectivity index (χ1) is 13.6. The van der Waals surface area contributed by atoms with Crippen molar-refractivity contribution < 1.29 is 14.3 Å². The van der Waals surface area contributed by atoms with Gasteiger partial charge in [-0.3, -0.25) is 10.1 Å². The number of aromatic nitrogens is 3. The predicted molar refractivity (Wildman–Crippen MR) is 114 cm³/mol. The average molecular weight is 424 g/mol. The smallest absolute Gasteiger partial charge is 0.258 e. The number of piperidine rings is 1. The molecule has 2 heterocycles. The molecule has 9 heteroatoms. The number of hydrogen-bond donors (Lipinski definition) is 2. The predicted octanol–water partition coefficient (Wildman–Crippen LogP) is 3.14. The van der Waals surface area contributed by atoms with Gasteiger partial charge in [-0.15, -0.1) is 12.4 Å². The van der Waals surface area contributed by atoms with Gasteiger partial charge in [-0.2, -0.15) is 10.1 Å². The summed E-state index contributed by atoms with van der Waals surface area (Å²) in [6.07, 6.45) is 4.04. The second-order valence-corrected chi connectivity index (χ2v) is 6.96. The highest BCUT2D eigenvalue weighted by atomic mass is 35.5. The molecule has 3 rings (SSSR count). The Labute approximate surface area is 177 Å². The van der Waals surface area contributed by atoms with E-state index in [1.807, 2.05) is 0 Å². The SMILES string of the molecule is CCCCOc1ccc(C(=O)Nc2nc(C3CCNCC3)nn2C)cc1OC.Cl. The topological polar surface area (TPSA) is 90.3 Å². The Hall–Kier alpha value is -2.32. The molecule has 0 saturated carbocycles. The lowest BCUT2D eigenvalue weighted by Gasteiger charge is -2.19. The molecule has 0 atom stereocenters. The van der Waals surface area contributed by atoms with Crippen molar-refractivity contribution in [2.24, 2.45) is 7.05 Å². The van der Waals surface area contributed by atoms with Crippen molar-refractivity contribution in [1.29, 1.82) is 0 Å². The van der Waals surface area contributed by atoms with Crippen LogP contribution in [0.25, 0.3) is 0 Å². The van der Waals surface area contributed by atoms with E-state index in [1.54, 1.807) is 37.0 Å². The second-order valence-electron chi connectivity index (χ2n) is 6.96. The van der Waals surface area contributed by atoms with Crippen LogP contribution >= 0.6 is 12.4 Å². The van der Waals surface area contributed by atoms with Gasteiger partial charge in [-0.1, -0.05) is 13.3 Å². The summed E-state index contributed by atoms with van der Waals surface area (Å²) in [5.41, 5.74) is 0.478. The van der Waals surface area contributed by atoms with Crippen molar-refractivity contribution in [2.75, 3.05) is 32.1 Å². The molecule has 2 N–H and O–H groups in total. The van der Waals surface area contributed by atoms with Crippen LogP contribution in [0.4, 0.5) is 5.95 Å². The monoisotopic (exact) mass is 423 g/mol. The zero-order valence-corrected chi connectivity index (χ0v) is 18.1. The fraction of sp³-hybridized carbons (Fsp3) is 0.550. The third kappa shape index (κ3) is 5.83. The molecule has 1 aromatic carbocycles. The molecule has 1 aliphatic heterocycles. The number of nitrogens with one attached hydrogen (secondary N) is 2. The molecule has 1 aliphatic rings. The second kappa shape index (κ2) is 11.0. The Bertz CT molecular complexity index is 805. The highest BCUT2D eigenvalue weighted by molar-refractivity contribution is 6.03. The van der Waals surface area contributed by atoms with E-state index in [4.69, 9.17) is 9.47 Å². The van der Waals surface area contributed by atoms with Crippen LogP contribution in [0.5, 0.6) is 11.5 Å². The van der Waals surface area contributed by atoms with E-state index in [2.05, 4.69) is 27.6 Å². The lowest BCUT2D eigenvalue weighted by molar-refractivity contribution is 0.102. The Morgan fingerprint density at radius 3 is 2.76 bits per heavy atom. The maximum atomic E-state index is 12.7. The van der Waals surface area contributed by atoms with Gasteiger partial charge in [0, 0.05) is 18.5 Å². The molecule has 0 unspecified atom stereocenters. The summed E-state index contributed by atoms with van der Waals surface area (Å²) in [5.74, 6) is 2.48. The number of aryl methyl sites for hydroxylation is 1. The molecule has 160 valence electrons. The van der Waals surface area contributed by atoms with Gasteiger partial charge in [-0.25, -0.2) is 4.68 Å². The van der Waals surface area contributed by atoms with E-state index < -0.39 is 0 Å². The first kappa shape index (κ1) is 23.0. The lowest BCUT2D eigenvalue weighted by Crippen LogP contribution is -2.27. The number of anilines is 1. The third-order valence-corrected chi connectivity index (χ3v) is 4.89. The van der Waals surface area contributed by atoms with Crippen LogP contribution in [0.3, 0.4) is 0 Å². The molecular weight excluding hydrogens is 394 g/mol. The van der Waals surface area contributed by atoms with Crippen LogP contribution in [-0.4, -0.2) is 47.5 Å². The summed E-state index contributed by atoms with van der Waals surface area (Å²) in [5, 5.41) is 10.7. The first-order valence-corrected chi connectivity index (χ1v) is 9.86. The van der Waals surface area contributed by atoms with E-state index in [9.17, 15) is 4.79 Å². The number of unbranched alkanes of at least 4 members (excludes halogenated alkanes) is 1. The number of nitrogens with zero attached hydrogens (tertiary/aromatic N) is 3. The van der Waals surface area contributed by atoms with Crippen molar-refractivity contribution in [1.82, 2.24) is 20.1 Å². The summed E-state index contributed by atoms with van der Waals surface area (Å²) >= 11 is 0. The number of carbonyl (C=O) groups excluding carboxylic acids is 1. The Morgan fingerprint density at radius 2 is 2.07 bits per heavy atom. The number of halogens is 1. The van der Waals surface area contributed by atoms with Crippen LogP contribution in [-0.2, 0) is 7.05 Å². The first-order valence-electron chi connectivity index (χ1n) is 9.86. The molecule has 8 nitrogen and oxygen atoms in total. The zero-order valence-electron chi connectivity index (χ0n) is 17.2. The number of rotatable bonds is 8. The minimum absolute atomic E-state index is 0. The van der Waals surface area contributed by atoms with Crippen molar-refractivity contribution in [3.63, 3.8) is 0 Å². The third-order valence-electron chi connectivity index (χ3n) is 4.89. The van der Waals surface area contributed by atoms with E-state index in [-0.39, 0.29) is 18.3 Å². The van der Waals surface area contributed by atoms with Gasteiger partial charge in [0.1, 0.15) is 0 Å². The molecular formula is C20H30ClN5O3. The zero-order chi connectivity index (χ0) is 19.9. The number of methoxy groups -OCH3 is 1. The molecule has 29 heavy (non-hydrogen) atoms. The van der Waals surface area contributed by atoms with Gasteiger partial charge in [0.2, 0.25) is 5.95 Å². The number of amides is 1.